The van der Waals surface area contributed by atoms with Crippen LogP contribution in [0.2, 0.25) is 5.02 Å². The summed E-state index contributed by atoms with van der Waals surface area (Å²) in [5.74, 6) is -0.390. The summed E-state index contributed by atoms with van der Waals surface area (Å²) >= 11 is 5.69. The third-order valence-electron chi connectivity index (χ3n) is 2.35. The molecule has 1 saturated carbocycles. The zero-order valence-electron chi connectivity index (χ0n) is 8.50. The second-order valence-electron chi connectivity index (χ2n) is 3.72. The average molecular weight is 239 g/mol. The van der Waals surface area contributed by atoms with Crippen molar-refractivity contribution < 1.29 is 9.59 Å². The van der Waals surface area contributed by atoms with Crippen LogP contribution in [0.5, 0.6) is 0 Å². The molecule has 2 N–H and O–H groups in total. The van der Waals surface area contributed by atoms with Crippen LogP contribution in [0.3, 0.4) is 0 Å². The molecule has 5 heteroatoms. The third-order valence-corrected chi connectivity index (χ3v) is 2.61. The minimum atomic E-state index is -0.342. The quantitative estimate of drug-likeness (QED) is 0.768. The fourth-order valence-corrected chi connectivity index (χ4v) is 1.37. The van der Waals surface area contributed by atoms with E-state index in [-0.39, 0.29) is 17.7 Å². The van der Waals surface area contributed by atoms with Gasteiger partial charge in [-0.3, -0.25) is 20.4 Å². The molecule has 1 aliphatic carbocycles. The fraction of sp³-hybridized carbons (Fsp3) is 0.273. The summed E-state index contributed by atoms with van der Waals surface area (Å²) in [6.45, 7) is 0. The van der Waals surface area contributed by atoms with Crippen molar-refractivity contribution in [1.82, 2.24) is 10.9 Å². The van der Waals surface area contributed by atoms with E-state index in [9.17, 15) is 9.59 Å². The van der Waals surface area contributed by atoms with Crippen molar-refractivity contribution in [3.63, 3.8) is 0 Å². The van der Waals surface area contributed by atoms with Crippen LogP contribution in [0, 0.1) is 5.92 Å². The van der Waals surface area contributed by atoms with Gasteiger partial charge < -0.3 is 0 Å². The Morgan fingerprint density at radius 2 is 1.75 bits per heavy atom. The smallest absolute Gasteiger partial charge is 0.269 e. The number of hydrazine groups is 1. The van der Waals surface area contributed by atoms with E-state index in [2.05, 4.69) is 10.9 Å². The lowest BCUT2D eigenvalue weighted by molar-refractivity contribution is -0.123. The molecule has 1 fully saturated rings. The molecular weight excluding hydrogens is 228 g/mol. The van der Waals surface area contributed by atoms with Gasteiger partial charge in [-0.2, -0.15) is 0 Å². The number of amides is 2. The summed E-state index contributed by atoms with van der Waals surface area (Å²) in [5.41, 5.74) is 5.20. The minimum absolute atomic E-state index is 0.0746. The molecule has 1 aliphatic rings. The van der Waals surface area contributed by atoms with Crippen LogP contribution >= 0.6 is 11.6 Å². The number of carbonyl (C=O) groups excluding carboxylic acids is 2. The summed E-state index contributed by atoms with van der Waals surface area (Å²) in [5, 5.41) is 0.568. The highest BCUT2D eigenvalue weighted by atomic mass is 35.5. The lowest BCUT2D eigenvalue weighted by Gasteiger charge is -2.06. The van der Waals surface area contributed by atoms with Gasteiger partial charge in [-0.25, -0.2) is 0 Å². The number of hydrogen-bond donors (Lipinski definition) is 2. The van der Waals surface area contributed by atoms with E-state index in [1.807, 2.05) is 0 Å². The molecule has 0 bridgehead atoms. The Bertz CT molecular complexity index is 412. The van der Waals surface area contributed by atoms with Gasteiger partial charge in [-0.1, -0.05) is 11.6 Å². The molecule has 1 aromatic rings. The molecule has 0 atom stereocenters. The van der Waals surface area contributed by atoms with E-state index in [0.29, 0.717) is 10.6 Å². The first-order valence-corrected chi connectivity index (χ1v) is 5.40. The molecule has 0 spiro atoms. The Labute approximate surface area is 97.9 Å². The lowest BCUT2D eigenvalue weighted by Crippen LogP contribution is -2.42. The normalized spacial score (nSPS) is 14.3. The second-order valence-corrected chi connectivity index (χ2v) is 4.16. The van der Waals surface area contributed by atoms with Gasteiger partial charge in [0.1, 0.15) is 0 Å². The second kappa shape index (κ2) is 4.53. The number of benzene rings is 1. The van der Waals surface area contributed by atoms with E-state index in [0.717, 1.165) is 12.8 Å². The van der Waals surface area contributed by atoms with Crippen molar-refractivity contribution >= 4 is 23.4 Å². The van der Waals surface area contributed by atoms with Crippen LogP contribution in [0.15, 0.2) is 24.3 Å². The van der Waals surface area contributed by atoms with Gasteiger partial charge in [0, 0.05) is 16.5 Å². The van der Waals surface area contributed by atoms with Crippen LogP contribution in [-0.4, -0.2) is 11.8 Å². The number of halogens is 1. The monoisotopic (exact) mass is 238 g/mol. The first kappa shape index (κ1) is 11.0. The Kier molecular flexibility index (Phi) is 3.10. The van der Waals surface area contributed by atoms with E-state index >= 15 is 0 Å². The molecule has 84 valence electrons. The van der Waals surface area contributed by atoms with Gasteiger partial charge in [0.05, 0.1) is 0 Å². The maximum Gasteiger partial charge on any atom is 0.269 e. The largest absolute Gasteiger partial charge is 0.273 e. The zero-order valence-corrected chi connectivity index (χ0v) is 9.25. The highest BCUT2D eigenvalue weighted by Crippen LogP contribution is 2.28. The summed E-state index contributed by atoms with van der Waals surface area (Å²) in [4.78, 5) is 22.8. The Balaban J connectivity index is 1.87. The molecule has 0 heterocycles. The predicted molar refractivity (Wildman–Crippen MR) is 59.8 cm³/mol. The number of carbonyl (C=O) groups is 2. The predicted octanol–water partition coefficient (Wildman–Crippen LogP) is 1.51. The molecule has 0 saturated heterocycles. The number of hydrogen-bond acceptors (Lipinski definition) is 2. The highest BCUT2D eigenvalue weighted by molar-refractivity contribution is 6.30. The summed E-state index contributed by atoms with van der Waals surface area (Å²) in [7, 11) is 0. The molecule has 2 amide bonds. The van der Waals surface area contributed by atoms with Crippen LogP contribution < -0.4 is 10.9 Å². The van der Waals surface area contributed by atoms with Crippen LogP contribution in [0.4, 0.5) is 0 Å². The molecule has 0 radical (unpaired) electrons. The van der Waals surface area contributed by atoms with E-state index in [1.165, 1.54) is 0 Å². The lowest BCUT2D eigenvalue weighted by atomic mass is 10.2. The minimum Gasteiger partial charge on any atom is -0.273 e. The Hall–Kier alpha value is -1.55. The molecule has 1 aromatic carbocycles. The van der Waals surface area contributed by atoms with Crippen LogP contribution in [0.1, 0.15) is 23.2 Å². The first-order chi connectivity index (χ1) is 7.66. The third kappa shape index (κ3) is 2.73. The Morgan fingerprint density at radius 3 is 2.31 bits per heavy atom. The average Bonchev–Trinajstić information content (AvgIpc) is 3.10. The maximum atomic E-state index is 11.5. The molecule has 0 unspecified atom stereocenters. The molecular formula is C11H11ClN2O2. The van der Waals surface area contributed by atoms with Crippen molar-refractivity contribution in [1.29, 1.82) is 0 Å². The molecule has 4 nitrogen and oxygen atoms in total. The van der Waals surface area contributed by atoms with Crippen molar-refractivity contribution in [3.8, 4) is 0 Å². The van der Waals surface area contributed by atoms with Crippen molar-refractivity contribution in [2.75, 3.05) is 0 Å². The van der Waals surface area contributed by atoms with Crippen LogP contribution in [-0.2, 0) is 4.79 Å². The van der Waals surface area contributed by atoms with Crippen LogP contribution in [0.25, 0.3) is 0 Å². The van der Waals surface area contributed by atoms with E-state index < -0.39 is 0 Å². The van der Waals surface area contributed by atoms with Gasteiger partial charge in [0.15, 0.2) is 0 Å². The van der Waals surface area contributed by atoms with E-state index in [4.69, 9.17) is 11.6 Å². The van der Waals surface area contributed by atoms with Gasteiger partial charge in [0.2, 0.25) is 5.91 Å². The summed E-state index contributed by atoms with van der Waals surface area (Å²) < 4.78 is 0. The van der Waals surface area contributed by atoms with Crippen molar-refractivity contribution in [2.45, 2.75) is 12.8 Å². The fourth-order valence-electron chi connectivity index (χ4n) is 1.24. The van der Waals surface area contributed by atoms with Crippen molar-refractivity contribution in [2.24, 2.45) is 5.92 Å². The van der Waals surface area contributed by atoms with Gasteiger partial charge in [-0.05, 0) is 37.1 Å². The number of rotatable bonds is 2. The summed E-state index contributed by atoms with van der Waals surface area (Å²) in [6.07, 6.45) is 1.81. The molecule has 16 heavy (non-hydrogen) atoms. The topological polar surface area (TPSA) is 58.2 Å². The zero-order chi connectivity index (χ0) is 11.5. The highest BCUT2D eigenvalue weighted by Gasteiger charge is 2.29. The SMILES string of the molecule is O=C(NNC(=O)C1CC1)c1ccc(Cl)cc1. The van der Waals surface area contributed by atoms with Gasteiger partial charge in [-0.15, -0.1) is 0 Å². The molecule has 2 rings (SSSR count). The standard InChI is InChI=1S/C11H11ClN2O2/c12-9-5-3-8(4-6-9)11(16)14-13-10(15)7-1-2-7/h3-7H,1-2H2,(H,13,15)(H,14,16). The maximum absolute atomic E-state index is 11.5. The number of nitrogens with one attached hydrogen (secondary N) is 2. The molecule has 0 aromatic heterocycles. The van der Waals surface area contributed by atoms with Gasteiger partial charge in [0.25, 0.3) is 5.91 Å². The molecule has 0 aliphatic heterocycles. The van der Waals surface area contributed by atoms with E-state index in [1.54, 1.807) is 24.3 Å². The Morgan fingerprint density at radius 1 is 1.12 bits per heavy atom. The van der Waals surface area contributed by atoms with Gasteiger partial charge >= 0.3 is 0 Å². The van der Waals surface area contributed by atoms with Crippen molar-refractivity contribution in [3.05, 3.63) is 34.9 Å². The first-order valence-electron chi connectivity index (χ1n) is 5.02. The summed E-state index contributed by atoms with van der Waals surface area (Å²) in [6, 6.07) is 6.44.